The number of nitroso groups, excluding NO2 is 1. The van der Waals surface area contributed by atoms with E-state index in [1.807, 2.05) is 17.3 Å². The predicted octanol–water partition coefficient (Wildman–Crippen LogP) is 1.66. The SMILES string of the molecule is O=[NH+]c1ccccc1/C=C/C(=O)N1CCN(Cc2ccccc2F)CC1. The normalized spacial score (nSPS) is 15.3. The molecule has 0 spiro atoms. The standard InChI is InChI=1S/C20H20FN3O2/c21-18-7-3-1-6-17(18)15-23-11-13-24(14-12-23)20(25)10-9-16-5-2-4-8-19(16)22-26/h1-10H,11-15H2/p+1/b10-9+. The van der Waals surface area contributed by atoms with E-state index in [2.05, 4.69) is 4.90 Å². The van der Waals surface area contributed by atoms with E-state index in [1.54, 1.807) is 41.3 Å². The maximum Gasteiger partial charge on any atom is 0.260 e. The second-order valence-electron chi connectivity index (χ2n) is 6.22. The van der Waals surface area contributed by atoms with E-state index in [0.717, 1.165) is 0 Å². The van der Waals surface area contributed by atoms with Crippen LogP contribution < -0.4 is 5.18 Å². The van der Waals surface area contributed by atoms with Crippen molar-refractivity contribution in [2.24, 2.45) is 0 Å². The first-order valence-corrected chi connectivity index (χ1v) is 8.57. The van der Waals surface area contributed by atoms with Gasteiger partial charge in [-0.05, 0) is 18.2 Å². The summed E-state index contributed by atoms with van der Waals surface area (Å²) < 4.78 is 13.7. The van der Waals surface area contributed by atoms with Crippen LogP contribution in [-0.2, 0) is 11.3 Å². The van der Waals surface area contributed by atoms with Crippen LogP contribution in [0.4, 0.5) is 10.1 Å². The van der Waals surface area contributed by atoms with Crippen molar-refractivity contribution in [3.8, 4) is 0 Å². The monoisotopic (exact) mass is 354 g/mol. The maximum absolute atomic E-state index is 13.7. The number of nitrogens with zero attached hydrogens (tertiary/aromatic N) is 2. The molecule has 1 aliphatic heterocycles. The Morgan fingerprint density at radius 3 is 2.46 bits per heavy atom. The molecule has 0 aliphatic carbocycles. The molecular weight excluding hydrogens is 333 g/mol. The zero-order valence-corrected chi connectivity index (χ0v) is 14.4. The molecule has 0 atom stereocenters. The van der Waals surface area contributed by atoms with E-state index in [4.69, 9.17) is 0 Å². The first-order chi connectivity index (χ1) is 12.7. The fraction of sp³-hybridized carbons (Fsp3) is 0.250. The fourth-order valence-electron chi connectivity index (χ4n) is 3.00. The van der Waals surface area contributed by atoms with Gasteiger partial charge in [0.25, 0.3) is 5.69 Å². The summed E-state index contributed by atoms with van der Waals surface area (Å²) in [6.07, 6.45) is 3.14. The van der Waals surface area contributed by atoms with Gasteiger partial charge >= 0.3 is 0 Å². The van der Waals surface area contributed by atoms with Gasteiger partial charge in [0.15, 0.2) is 0 Å². The van der Waals surface area contributed by atoms with Crippen LogP contribution in [0, 0.1) is 10.7 Å². The van der Waals surface area contributed by atoms with Crippen molar-refractivity contribution >= 4 is 17.7 Å². The van der Waals surface area contributed by atoms with Crippen molar-refractivity contribution in [3.63, 3.8) is 0 Å². The largest absolute Gasteiger partial charge is 0.337 e. The highest BCUT2D eigenvalue weighted by Crippen LogP contribution is 2.14. The van der Waals surface area contributed by atoms with Crippen LogP contribution in [0.2, 0.25) is 0 Å². The minimum absolute atomic E-state index is 0.0868. The molecule has 1 fully saturated rings. The molecular formula is C20H21FN3O2+. The molecule has 3 rings (SSSR count). The molecule has 26 heavy (non-hydrogen) atoms. The molecule has 0 saturated carbocycles. The lowest BCUT2D eigenvalue weighted by atomic mass is 10.1. The van der Waals surface area contributed by atoms with Gasteiger partial charge in [-0.1, -0.05) is 30.3 Å². The number of carbonyl (C=O) groups is 1. The molecule has 6 heteroatoms. The number of piperazine rings is 1. The molecule has 134 valence electrons. The van der Waals surface area contributed by atoms with Gasteiger partial charge in [0, 0.05) is 60.5 Å². The highest BCUT2D eigenvalue weighted by molar-refractivity contribution is 5.92. The van der Waals surface area contributed by atoms with E-state index >= 15 is 0 Å². The van der Waals surface area contributed by atoms with E-state index in [9.17, 15) is 14.1 Å². The third-order valence-corrected chi connectivity index (χ3v) is 4.51. The summed E-state index contributed by atoms with van der Waals surface area (Å²) in [5, 5.41) is 1.87. The lowest BCUT2D eigenvalue weighted by Gasteiger charge is -2.34. The second-order valence-corrected chi connectivity index (χ2v) is 6.22. The Kier molecular flexibility index (Phi) is 5.86. The van der Waals surface area contributed by atoms with E-state index in [1.165, 1.54) is 12.1 Å². The Labute approximate surface area is 151 Å². The predicted molar refractivity (Wildman–Crippen MR) is 97.7 cm³/mol. The molecule has 1 amide bonds. The van der Waals surface area contributed by atoms with Crippen molar-refractivity contribution in [1.29, 1.82) is 0 Å². The van der Waals surface area contributed by atoms with Crippen LogP contribution in [0.1, 0.15) is 11.1 Å². The Hall–Kier alpha value is -2.86. The van der Waals surface area contributed by atoms with Gasteiger partial charge in [-0.15, -0.1) is 0 Å². The van der Waals surface area contributed by atoms with Crippen molar-refractivity contribution in [2.45, 2.75) is 6.54 Å². The van der Waals surface area contributed by atoms with Crippen LogP contribution in [0.5, 0.6) is 0 Å². The lowest BCUT2D eigenvalue weighted by molar-refractivity contribution is -0.379. The van der Waals surface area contributed by atoms with Gasteiger partial charge in [-0.25, -0.2) is 4.39 Å². The van der Waals surface area contributed by atoms with Gasteiger partial charge < -0.3 is 4.90 Å². The van der Waals surface area contributed by atoms with Gasteiger partial charge in [0.05, 0.1) is 5.56 Å². The van der Waals surface area contributed by atoms with E-state index in [-0.39, 0.29) is 11.7 Å². The number of hydrogen-bond donors (Lipinski definition) is 1. The zero-order valence-electron chi connectivity index (χ0n) is 14.4. The number of para-hydroxylation sites is 1. The van der Waals surface area contributed by atoms with Crippen LogP contribution in [0.3, 0.4) is 0 Å². The summed E-state index contributed by atoms with van der Waals surface area (Å²) in [5.41, 5.74) is 1.79. The zero-order chi connectivity index (χ0) is 18.4. The average Bonchev–Trinajstić information content (AvgIpc) is 2.68. The third-order valence-electron chi connectivity index (χ3n) is 4.51. The summed E-state index contributed by atoms with van der Waals surface area (Å²) in [4.78, 5) is 27.2. The van der Waals surface area contributed by atoms with Crippen molar-refractivity contribution in [1.82, 2.24) is 9.80 Å². The third kappa shape index (κ3) is 4.40. The van der Waals surface area contributed by atoms with Gasteiger partial charge in [0.2, 0.25) is 5.91 Å². The summed E-state index contributed by atoms with van der Waals surface area (Å²) >= 11 is 0. The van der Waals surface area contributed by atoms with Crippen LogP contribution in [0.15, 0.2) is 54.6 Å². The Balaban J connectivity index is 1.54. The summed E-state index contributed by atoms with van der Waals surface area (Å²) in [7, 11) is 0. The highest BCUT2D eigenvalue weighted by atomic mass is 19.1. The van der Waals surface area contributed by atoms with Gasteiger partial charge in [-0.3, -0.25) is 9.69 Å². The van der Waals surface area contributed by atoms with Gasteiger partial charge in [0.1, 0.15) is 5.82 Å². The van der Waals surface area contributed by atoms with Crippen LogP contribution >= 0.6 is 0 Å². The van der Waals surface area contributed by atoms with Gasteiger partial charge in [-0.2, -0.15) is 0 Å². The number of rotatable bonds is 5. The molecule has 5 nitrogen and oxygen atoms in total. The summed E-state index contributed by atoms with van der Waals surface area (Å²) in [5.74, 6) is -0.282. The maximum atomic E-state index is 13.7. The molecule has 0 unspecified atom stereocenters. The fourth-order valence-corrected chi connectivity index (χ4v) is 3.00. The number of carbonyl (C=O) groups excluding carboxylic acids is 1. The molecule has 1 saturated heterocycles. The number of benzene rings is 2. The molecule has 2 aromatic carbocycles. The number of hydrogen-bond acceptors (Lipinski definition) is 3. The number of nitrogens with one attached hydrogen (secondary N) is 1. The van der Waals surface area contributed by atoms with Crippen LogP contribution in [-0.4, -0.2) is 41.9 Å². The molecule has 1 N–H and O–H groups in total. The minimum Gasteiger partial charge on any atom is -0.337 e. The number of amides is 1. The lowest BCUT2D eigenvalue weighted by Crippen LogP contribution is -2.56. The Bertz CT molecular complexity index is 814. The smallest absolute Gasteiger partial charge is 0.260 e. The summed E-state index contributed by atoms with van der Waals surface area (Å²) in [6.45, 7) is 3.14. The van der Waals surface area contributed by atoms with Crippen molar-refractivity contribution in [3.05, 3.63) is 76.5 Å². The number of halogens is 1. The first kappa shape index (κ1) is 17.9. The molecule has 0 aromatic heterocycles. The molecule has 2 aromatic rings. The highest BCUT2D eigenvalue weighted by Gasteiger charge is 2.20. The summed E-state index contributed by atoms with van der Waals surface area (Å²) in [6, 6.07) is 13.8. The topological polar surface area (TPSA) is 54.6 Å². The Morgan fingerprint density at radius 1 is 1.04 bits per heavy atom. The first-order valence-electron chi connectivity index (χ1n) is 8.57. The van der Waals surface area contributed by atoms with E-state index < -0.39 is 0 Å². The molecule has 0 bridgehead atoms. The minimum atomic E-state index is -0.195. The quantitative estimate of drug-likeness (QED) is 0.831. The van der Waals surface area contributed by atoms with E-state index in [0.29, 0.717) is 49.5 Å². The molecule has 1 heterocycles. The van der Waals surface area contributed by atoms with Crippen molar-refractivity contribution in [2.75, 3.05) is 26.2 Å². The molecule has 1 aliphatic rings. The molecule has 0 radical (unpaired) electrons. The van der Waals surface area contributed by atoms with Crippen LogP contribution in [0.25, 0.3) is 6.08 Å². The van der Waals surface area contributed by atoms with Crippen molar-refractivity contribution < 1.29 is 14.4 Å². The Morgan fingerprint density at radius 2 is 1.73 bits per heavy atom. The average molecular weight is 354 g/mol. The second kappa shape index (κ2) is 8.49.